The molecule has 4 unspecified atom stereocenters. The molecule has 194 valence electrons. The fourth-order valence-electron chi connectivity index (χ4n) is 2.86. The normalized spacial score (nSPS) is 14.1. The van der Waals surface area contributed by atoms with Gasteiger partial charge >= 0.3 is 5.97 Å². The molecule has 1 rings (SSSR count). The number of nitrogens with one attached hydrogen (secondary N) is 4. The molecular weight excluding hydrogens is 484 g/mol. The molecule has 0 bridgehead atoms. The summed E-state index contributed by atoms with van der Waals surface area (Å²) < 4.78 is 0. The van der Waals surface area contributed by atoms with E-state index < -0.39 is 72.5 Å². The Kier molecular flexibility index (Phi) is 12.2. The Balaban J connectivity index is 3.04. The number of hydrogen-bond donors (Lipinski definition) is 8. The van der Waals surface area contributed by atoms with Gasteiger partial charge in [0.25, 0.3) is 0 Å². The fourth-order valence-corrected chi connectivity index (χ4v) is 3.34. The number of primary amides is 2. The first kappa shape index (κ1) is 29.4. The summed E-state index contributed by atoms with van der Waals surface area (Å²) in [6.45, 7) is 0. The molecule has 0 aliphatic rings. The fraction of sp³-hybridized carbons (Fsp3) is 0.526. The Morgan fingerprint density at radius 1 is 0.971 bits per heavy atom. The van der Waals surface area contributed by atoms with E-state index in [1.54, 1.807) is 6.26 Å². The molecule has 0 radical (unpaired) electrons. The van der Waals surface area contributed by atoms with E-state index in [4.69, 9.17) is 17.2 Å². The number of aromatic amines is 1. The topological polar surface area (TPSA) is 265 Å². The lowest BCUT2D eigenvalue weighted by atomic mass is 10.1. The van der Waals surface area contributed by atoms with E-state index in [1.807, 2.05) is 0 Å². The van der Waals surface area contributed by atoms with Gasteiger partial charge in [-0.25, -0.2) is 9.78 Å². The third-order valence-electron chi connectivity index (χ3n) is 4.63. The predicted octanol–water partition coefficient (Wildman–Crippen LogP) is -3.68. The first-order valence-corrected chi connectivity index (χ1v) is 11.8. The number of aromatic nitrogens is 2. The summed E-state index contributed by atoms with van der Waals surface area (Å²) in [6.07, 6.45) is 3.54. The first-order valence-electron chi connectivity index (χ1n) is 10.4. The number of hydrogen-bond acceptors (Lipinski definition) is 9. The van der Waals surface area contributed by atoms with Crippen LogP contribution >= 0.6 is 11.8 Å². The molecule has 0 saturated carbocycles. The van der Waals surface area contributed by atoms with Gasteiger partial charge in [-0.3, -0.25) is 24.0 Å². The van der Waals surface area contributed by atoms with Gasteiger partial charge in [0.15, 0.2) is 0 Å². The molecule has 11 N–H and O–H groups in total. The average Bonchev–Trinajstić information content (AvgIpc) is 3.27. The molecule has 16 heteroatoms. The lowest BCUT2D eigenvalue weighted by molar-refractivity contribution is -0.143. The van der Waals surface area contributed by atoms with Gasteiger partial charge in [-0.1, -0.05) is 0 Å². The minimum absolute atomic E-state index is 0.0584. The zero-order chi connectivity index (χ0) is 26.5. The second-order valence-corrected chi connectivity index (χ2v) is 8.52. The van der Waals surface area contributed by atoms with Gasteiger partial charge in [0, 0.05) is 18.3 Å². The summed E-state index contributed by atoms with van der Waals surface area (Å²) in [6, 6.07) is -5.30. The number of carboxylic acid groups (broad SMARTS) is 1. The number of H-pyrrole nitrogens is 1. The molecule has 1 aromatic heterocycles. The number of amides is 5. The van der Waals surface area contributed by atoms with Crippen molar-refractivity contribution in [1.29, 1.82) is 0 Å². The van der Waals surface area contributed by atoms with E-state index >= 15 is 0 Å². The number of nitrogens with zero attached hydrogens (tertiary/aromatic N) is 1. The van der Waals surface area contributed by atoms with Crippen LogP contribution in [0.2, 0.25) is 0 Å². The number of carbonyl (C=O) groups is 6. The summed E-state index contributed by atoms with van der Waals surface area (Å²) in [7, 11) is 0. The van der Waals surface area contributed by atoms with Gasteiger partial charge in [-0.2, -0.15) is 11.8 Å². The highest BCUT2D eigenvalue weighted by atomic mass is 32.2. The highest BCUT2D eigenvalue weighted by Crippen LogP contribution is 2.06. The second-order valence-electron chi connectivity index (χ2n) is 7.53. The van der Waals surface area contributed by atoms with Crippen LogP contribution in [0, 0.1) is 0 Å². The van der Waals surface area contributed by atoms with Crippen molar-refractivity contribution in [3.05, 3.63) is 18.2 Å². The first-order chi connectivity index (χ1) is 16.4. The minimum atomic E-state index is -1.58. The van der Waals surface area contributed by atoms with Crippen molar-refractivity contribution in [3.63, 3.8) is 0 Å². The number of carboxylic acids is 1. The number of carbonyl (C=O) groups excluding carboxylic acids is 5. The lowest BCUT2D eigenvalue weighted by Crippen LogP contribution is -2.58. The molecule has 0 spiro atoms. The number of imidazole rings is 1. The summed E-state index contributed by atoms with van der Waals surface area (Å²) >= 11 is 1.38. The van der Waals surface area contributed by atoms with Crippen molar-refractivity contribution in [3.8, 4) is 0 Å². The van der Waals surface area contributed by atoms with Crippen LogP contribution in [-0.2, 0) is 35.2 Å². The maximum atomic E-state index is 13.1. The van der Waals surface area contributed by atoms with Gasteiger partial charge < -0.3 is 43.2 Å². The zero-order valence-corrected chi connectivity index (χ0v) is 19.8. The van der Waals surface area contributed by atoms with E-state index in [1.165, 1.54) is 24.3 Å². The molecule has 0 fully saturated rings. The van der Waals surface area contributed by atoms with Gasteiger partial charge in [-0.05, 0) is 18.4 Å². The molecule has 1 heterocycles. The molecule has 0 saturated heterocycles. The maximum absolute atomic E-state index is 13.1. The van der Waals surface area contributed by atoms with E-state index in [-0.39, 0.29) is 12.8 Å². The molecule has 5 amide bonds. The van der Waals surface area contributed by atoms with Gasteiger partial charge in [0.1, 0.15) is 18.1 Å². The summed E-state index contributed by atoms with van der Waals surface area (Å²) in [5.74, 6) is -5.23. The van der Waals surface area contributed by atoms with Gasteiger partial charge in [0.2, 0.25) is 29.5 Å². The van der Waals surface area contributed by atoms with Crippen LogP contribution in [0.5, 0.6) is 0 Å². The Bertz CT molecular complexity index is 911. The SMILES string of the molecule is CSCCC(NC(=O)C(Cc1cnc[nH]1)NC(=O)C(N)CC(N)=O)C(=O)NC(CC(N)=O)C(=O)O. The van der Waals surface area contributed by atoms with Crippen LogP contribution in [0.3, 0.4) is 0 Å². The smallest absolute Gasteiger partial charge is 0.326 e. The quantitative estimate of drug-likeness (QED) is 0.107. The maximum Gasteiger partial charge on any atom is 0.326 e. The average molecular weight is 515 g/mol. The minimum Gasteiger partial charge on any atom is -0.480 e. The van der Waals surface area contributed by atoms with Crippen molar-refractivity contribution >= 4 is 47.3 Å². The summed E-state index contributed by atoms with van der Waals surface area (Å²) in [5, 5.41) is 16.3. The largest absolute Gasteiger partial charge is 0.480 e. The van der Waals surface area contributed by atoms with E-state index in [9.17, 15) is 33.9 Å². The third-order valence-corrected chi connectivity index (χ3v) is 5.28. The van der Waals surface area contributed by atoms with Gasteiger partial charge in [0.05, 0.1) is 25.2 Å². The number of rotatable bonds is 16. The molecule has 35 heavy (non-hydrogen) atoms. The van der Waals surface area contributed by atoms with Gasteiger partial charge in [-0.15, -0.1) is 0 Å². The molecule has 0 aliphatic heterocycles. The van der Waals surface area contributed by atoms with E-state index in [0.717, 1.165) is 0 Å². The van der Waals surface area contributed by atoms with Crippen molar-refractivity contribution in [1.82, 2.24) is 25.9 Å². The van der Waals surface area contributed by atoms with Crippen molar-refractivity contribution in [2.24, 2.45) is 17.2 Å². The Morgan fingerprint density at radius 3 is 2.06 bits per heavy atom. The molecule has 0 aliphatic carbocycles. The Hall–Kier alpha value is -3.66. The van der Waals surface area contributed by atoms with Crippen molar-refractivity contribution < 1.29 is 33.9 Å². The van der Waals surface area contributed by atoms with Crippen LogP contribution in [0.15, 0.2) is 12.5 Å². The summed E-state index contributed by atoms with van der Waals surface area (Å²) in [5.41, 5.74) is 16.2. The predicted molar refractivity (Wildman–Crippen MR) is 124 cm³/mol. The monoisotopic (exact) mass is 514 g/mol. The Morgan fingerprint density at radius 2 is 1.54 bits per heavy atom. The molecular formula is C19H30N8O7S. The van der Waals surface area contributed by atoms with E-state index in [2.05, 4.69) is 25.9 Å². The van der Waals surface area contributed by atoms with E-state index in [0.29, 0.717) is 11.4 Å². The number of nitrogens with two attached hydrogens (primary N) is 3. The number of aliphatic carboxylic acids is 1. The molecule has 1 aromatic rings. The lowest BCUT2D eigenvalue weighted by Gasteiger charge is -2.24. The van der Waals surface area contributed by atoms with Crippen LogP contribution in [-0.4, -0.2) is 86.8 Å². The molecule has 4 atom stereocenters. The van der Waals surface area contributed by atoms with Crippen molar-refractivity contribution in [2.45, 2.75) is 49.9 Å². The Labute approximate surface area is 204 Å². The molecule has 15 nitrogen and oxygen atoms in total. The highest BCUT2D eigenvalue weighted by Gasteiger charge is 2.31. The van der Waals surface area contributed by atoms with Crippen LogP contribution in [0.4, 0.5) is 0 Å². The van der Waals surface area contributed by atoms with Crippen molar-refractivity contribution in [2.75, 3.05) is 12.0 Å². The highest BCUT2D eigenvalue weighted by molar-refractivity contribution is 7.98. The van der Waals surface area contributed by atoms with Crippen LogP contribution in [0.1, 0.15) is 25.0 Å². The second kappa shape index (κ2) is 14.6. The van der Waals surface area contributed by atoms with Crippen LogP contribution < -0.4 is 33.2 Å². The van der Waals surface area contributed by atoms with Crippen LogP contribution in [0.25, 0.3) is 0 Å². The third kappa shape index (κ3) is 10.9. The zero-order valence-electron chi connectivity index (χ0n) is 19.0. The summed E-state index contributed by atoms with van der Waals surface area (Å²) in [4.78, 5) is 78.4. The molecule has 0 aromatic carbocycles. The standard InChI is InChI=1S/C19H30N8O7S/c1-35-3-2-11(17(31)27-13(19(33)34)6-15(22)29)25-18(32)12(4-9-7-23-8-24-9)26-16(30)10(20)5-14(21)28/h7-8,10-13H,2-6,20H2,1H3,(H2,21,28)(H2,22,29)(H,23,24)(H,25,32)(H,26,30)(H,27,31)(H,33,34). The number of thioether (sulfide) groups is 1.